The molecule has 0 radical (unpaired) electrons. The van der Waals surface area contributed by atoms with Gasteiger partial charge in [-0.05, 0) is 112 Å². The first-order valence-corrected chi connectivity index (χ1v) is 12.7. The summed E-state index contributed by atoms with van der Waals surface area (Å²) in [5, 5.41) is 23.2. The lowest BCUT2D eigenvalue weighted by molar-refractivity contribution is 0.176. The van der Waals surface area contributed by atoms with Crippen LogP contribution < -0.4 is 10.1 Å². The van der Waals surface area contributed by atoms with Gasteiger partial charge in [-0.25, -0.2) is 0 Å². The zero-order chi connectivity index (χ0) is 23.5. The van der Waals surface area contributed by atoms with Gasteiger partial charge in [0.2, 0.25) is 0 Å². The van der Waals surface area contributed by atoms with Crippen LogP contribution in [0.5, 0.6) is 17.2 Å². The van der Waals surface area contributed by atoms with Crippen LogP contribution in [0.15, 0.2) is 36.4 Å². The molecule has 7 heteroatoms. The van der Waals surface area contributed by atoms with Crippen molar-refractivity contribution >= 4 is 24.8 Å². The van der Waals surface area contributed by atoms with E-state index in [0.29, 0.717) is 6.04 Å². The molecule has 3 N–H and O–H groups in total. The number of nitrogens with zero attached hydrogens (tertiary/aromatic N) is 1. The quantitative estimate of drug-likeness (QED) is 0.211. The molecule has 35 heavy (non-hydrogen) atoms. The lowest BCUT2D eigenvalue weighted by Crippen LogP contribution is -2.40. The highest BCUT2D eigenvalue weighted by Crippen LogP contribution is 2.33. The Morgan fingerprint density at radius 2 is 1.60 bits per heavy atom. The van der Waals surface area contributed by atoms with Crippen LogP contribution in [0, 0.1) is 0 Å². The van der Waals surface area contributed by atoms with Crippen molar-refractivity contribution in [3.05, 3.63) is 53.1 Å². The van der Waals surface area contributed by atoms with E-state index < -0.39 is 0 Å². The first-order valence-electron chi connectivity index (χ1n) is 12.7. The molecule has 0 saturated heterocycles. The third-order valence-corrected chi connectivity index (χ3v) is 6.82. The summed E-state index contributed by atoms with van der Waals surface area (Å²) in [5.74, 6) is 0.930. The number of nitrogens with one attached hydrogen (secondary N) is 1. The minimum absolute atomic E-state index is 0. The fraction of sp³-hybridized carbons (Fsp3) is 0.571. The Kier molecular flexibility index (Phi) is 15.2. The van der Waals surface area contributed by atoms with Crippen molar-refractivity contribution in [3.8, 4) is 17.2 Å². The van der Waals surface area contributed by atoms with Crippen LogP contribution in [-0.2, 0) is 19.3 Å². The Labute approximate surface area is 224 Å². The first kappa shape index (κ1) is 31.4. The topological polar surface area (TPSA) is 65.0 Å². The van der Waals surface area contributed by atoms with Crippen molar-refractivity contribution in [2.24, 2.45) is 0 Å². The molecule has 0 heterocycles. The normalized spacial score (nSPS) is 14.7. The molecule has 1 aliphatic rings. The zero-order valence-corrected chi connectivity index (χ0v) is 22.9. The zero-order valence-electron chi connectivity index (χ0n) is 21.3. The number of phenols is 2. The molecule has 3 rings (SSSR count). The smallest absolute Gasteiger partial charge is 0.157 e. The Morgan fingerprint density at radius 3 is 2.29 bits per heavy atom. The maximum atomic E-state index is 9.89. The maximum absolute atomic E-state index is 9.89. The van der Waals surface area contributed by atoms with Crippen LogP contribution in [0.2, 0.25) is 0 Å². The number of benzene rings is 2. The largest absolute Gasteiger partial charge is 0.504 e. The second-order valence-corrected chi connectivity index (χ2v) is 9.30. The molecule has 0 amide bonds. The van der Waals surface area contributed by atoms with Crippen LogP contribution in [0.4, 0.5) is 0 Å². The SMILES string of the molecule is CCCN(CCCCCCNCCc1ccc(OC)cc1)[C@@H]1CCc2cc(O)c(O)cc2C1.Cl.Cl. The predicted octanol–water partition coefficient (Wildman–Crippen LogP) is 5.91. The molecule has 1 atom stereocenters. The number of hydrogen-bond acceptors (Lipinski definition) is 5. The monoisotopic (exact) mass is 526 g/mol. The minimum atomic E-state index is 0. The van der Waals surface area contributed by atoms with E-state index >= 15 is 0 Å². The van der Waals surface area contributed by atoms with Crippen molar-refractivity contribution in [1.29, 1.82) is 0 Å². The van der Waals surface area contributed by atoms with Crippen molar-refractivity contribution in [2.45, 2.75) is 70.8 Å². The lowest BCUT2D eigenvalue weighted by atomic mass is 9.87. The molecule has 0 bridgehead atoms. The lowest BCUT2D eigenvalue weighted by Gasteiger charge is -2.35. The van der Waals surface area contributed by atoms with Crippen LogP contribution in [0.25, 0.3) is 0 Å². The van der Waals surface area contributed by atoms with E-state index in [2.05, 4.69) is 29.3 Å². The predicted molar refractivity (Wildman–Crippen MR) is 150 cm³/mol. The van der Waals surface area contributed by atoms with E-state index in [4.69, 9.17) is 4.74 Å². The van der Waals surface area contributed by atoms with Crippen LogP contribution in [0.1, 0.15) is 62.1 Å². The van der Waals surface area contributed by atoms with E-state index in [1.165, 1.54) is 48.8 Å². The molecular weight excluding hydrogens is 483 g/mol. The van der Waals surface area contributed by atoms with Gasteiger partial charge in [0.15, 0.2) is 11.5 Å². The number of methoxy groups -OCH3 is 1. The van der Waals surface area contributed by atoms with E-state index in [1.54, 1.807) is 19.2 Å². The summed E-state index contributed by atoms with van der Waals surface area (Å²) < 4.78 is 5.21. The summed E-state index contributed by atoms with van der Waals surface area (Å²) in [7, 11) is 1.70. The van der Waals surface area contributed by atoms with E-state index in [9.17, 15) is 10.2 Å². The summed E-state index contributed by atoms with van der Waals surface area (Å²) in [6.07, 6.45) is 10.3. The van der Waals surface area contributed by atoms with Gasteiger partial charge in [-0.1, -0.05) is 31.9 Å². The number of fused-ring (bicyclic) bond motifs is 1. The maximum Gasteiger partial charge on any atom is 0.157 e. The highest BCUT2D eigenvalue weighted by Gasteiger charge is 2.24. The Bertz CT molecular complexity index is 849. The third-order valence-electron chi connectivity index (χ3n) is 6.82. The van der Waals surface area contributed by atoms with Gasteiger partial charge in [-0.2, -0.15) is 0 Å². The van der Waals surface area contributed by atoms with Gasteiger partial charge in [-0.15, -0.1) is 24.8 Å². The van der Waals surface area contributed by atoms with Crippen LogP contribution >= 0.6 is 24.8 Å². The van der Waals surface area contributed by atoms with Crippen molar-refractivity contribution in [3.63, 3.8) is 0 Å². The molecule has 5 nitrogen and oxygen atoms in total. The van der Waals surface area contributed by atoms with Gasteiger partial charge in [0, 0.05) is 6.04 Å². The number of unbranched alkanes of at least 4 members (excludes halogenated alkanes) is 3. The van der Waals surface area contributed by atoms with Gasteiger partial charge in [0.25, 0.3) is 0 Å². The first-order chi connectivity index (χ1) is 16.1. The van der Waals surface area contributed by atoms with E-state index in [0.717, 1.165) is 57.6 Å². The molecule has 2 aromatic rings. The molecule has 2 aromatic carbocycles. The highest BCUT2D eigenvalue weighted by molar-refractivity contribution is 5.85. The van der Waals surface area contributed by atoms with Gasteiger partial charge in [0.05, 0.1) is 7.11 Å². The number of aromatic hydroxyl groups is 2. The van der Waals surface area contributed by atoms with Crippen molar-refractivity contribution in [2.75, 3.05) is 33.3 Å². The molecular formula is C28H44Cl2N2O3. The molecule has 0 saturated carbocycles. The molecule has 0 aliphatic heterocycles. The fourth-order valence-electron chi connectivity index (χ4n) is 4.91. The Morgan fingerprint density at radius 1 is 0.914 bits per heavy atom. The van der Waals surface area contributed by atoms with Crippen molar-refractivity contribution < 1.29 is 14.9 Å². The van der Waals surface area contributed by atoms with Crippen molar-refractivity contribution in [1.82, 2.24) is 10.2 Å². The fourth-order valence-corrected chi connectivity index (χ4v) is 4.91. The number of ether oxygens (including phenoxy) is 1. The summed E-state index contributed by atoms with van der Waals surface area (Å²) >= 11 is 0. The Balaban J connectivity index is 0.00000306. The highest BCUT2D eigenvalue weighted by atomic mass is 35.5. The van der Waals surface area contributed by atoms with Crippen LogP contribution in [-0.4, -0.2) is 54.4 Å². The van der Waals surface area contributed by atoms with Gasteiger partial charge in [-0.3, -0.25) is 0 Å². The average molecular weight is 528 g/mol. The molecule has 0 fully saturated rings. The number of hydrogen-bond donors (Lipinski definition) is 3. The molecule has 1 aliphatic carbocycles. The second kappa shape index (κ2) is 16.9. The third kappa shape index (κ3) is 10.1. The summed E-state index contributed by atoms with van der Waals surface area (Å²) in [5.41, 5.74) is 3.73. The van der Waals surface area contributed by atoms with E-state index in [-0.39, 0.29) is 36.3 Å². The summed E-state index contributed by atoms with van der Waals surface area (Å²) in [6.45, 7) is 6.66. The average Bonchev–Trinajstić information content (AvgIpc) is 2.83. The van der Waals surface area contributed by atoms with Gasteiger partial charge in [0.1, 0.15) is 5.75 Å². The second-order valence-electron chi connectivity index (χ2n) is 9.30. The minimum Gasteiger partial charge on any atom is -0.504 e. The number of phenolic OH excluding ortho intramolecular Hbond substituents is 2. The van der Waals surface area contributed by atoms with E-state index in [1.807, 2.05) is 12.1 Å². The summed E-state index contributed by atoms with van der Waals surface area (Å²) in [6, 6.07) is 12.4. The Hall–Kier alpha value is -1.66. The molecule has 0 unspecified atom stereocenters. The number of halogens is 2. The van der Waals surface area contributed by atoms with Gasteiger partial charge < -0.3 is 25.2 Å². The molecule has 0 aromatic heterocycles. The summed E-state index contributed by atoms with van der Waals surface area (Å²) in [4.78, 5) is 2.65. The number of aryl methyl sites for hydroxylation is 1. The standard InChI is InChI=1S/C28H42N2O3.2ClH/c1-3-17-30(25-11-10-23-20-27(31)28(32)21-24(23)19-25)18-7-5-4-6-15-29-16-14-22-8-12-26(33-2)13-9-22;;/h8-9,12-13,20-21,25,29,31-32H,3-7,10-11,14-19H2,1-2H3;2*1H/t25-;;/m1../s1. The van der Waals surface area contributed by atoms with Crippen LogP contribution in [0.3, 0.4) is 0 Å². The molecule has 0 spiro atoms. The molecule has 198 valence electrons. The van der Waals surface area contributed by atoms with Gasteiger partial charge >= 0.3 is 0 Å². The number of rotatable bonds is 14.